The highest BCUT2D eigenvalue weighted by Gasteiger charge is 1.97. The van der Waals surface area contributed by atoms with Gasteiger partial charge in [0.2, 0.25) is 5.91 Å². The summed E-state index contributed by atoms with van der Waals surface area (Å²) < 4.78 is 0. The Morgan fingerprint density at radius 2 is 2.07 bits per heavy atom. The van der Waals surface area contributed by atoms with Crippen molar-refractivity contribution in [2.75, 3.05) is 18.4 Å². The monoisotopic (exact) mass is 202 g/mol. The first-order valence-corrected chi connectivity index (χ1v) is 4.78. The van der Waals surface area contributed by atoms with Gasteiger partial charge in [-0.3, -0.25) is 4.79 Å². The number of benzene rings is 1. The summed E-state index contributed by atoms with van der Waals surface area (Å²) in [5, 5.41) is 5.69. The van der Waals surface area contributed by atoms with E-state index in [4.69, 9.17) is 0 Å². The number of amides is 1. The van der Waals surface area contributed by atoms with Crippen LogP contribution in [0.4, 0.5) is 5.69 Å². The average Bonchev–Trinajstić information content (AvgIpc) is 2.28. The second-order valence-electron chi connectivity index (χ2n) is 2.92. The zero-order valence-electron chi connectivity index (χ0n) is 8.71. The molecular weight excluding hydrogens is 188 g/mol. The third-order valence-electron chi connectivity index (χ3n) is 1.78. The fourth-order valence-corrected chi connectivity index (χ4v) is 1.03. The van der Waals surface area contributed by atoms with Crippen LogP contribution in [0.15, 0.2) is 30.3 Å². The van der Waals surface area contributed by atoms with E-state index >= 15 is 0 Å². The van der Waals surface area contributed by atoms with Gasteiger partial charge in [-0.15, -0.1) is 5.92 Å². The van der Waals surface area contributed by atoms with E-state index in [9.17, 15) is 4.79 Å². The van der Waals surface area contributed by atoms with Crippen molar-refractivity contribution in [3.05, 3.63) is 30.3 Å². The predicted molar refractivity (Wildman–Crippen MR) is 61.4 cm³/mol. The molecule has 0 fully saturated rings. The van der Waals surface area contributed by atoms with E-state index in [1.807, 2.05) is 30.3 Å². The molecule has 0 heterocycles. The fourth-order valence-electron chi connectivity index (χ4n) is 1.03. The number of carbonyl (C=O) groups is 1. The summed E-state index contributed by atoms with van der Waals surface area (Å²) in [6.45, 7) is 2.43. The van der Waals surface area contributed by atoms with Crippen LogP contribution in [-0.2, 0) is 4.79 Å². The normalized spacial score (nSPS) is 8.60. The Balaban J connectivity index is 2.24. The first kappa shape index (κ1) is 11.1. The van der Waals surface area contributed by atoms with Crippen LogP contribution in [0.25, 0.3) is 0 Å². The van der Waals surface area contributed by atoms with Gasteiger partial charge >= 0.3 is 0 Å². The van der Waals surface area contributed by atoms with Crippen LogP contribution in [0.5, 0.6) is 0 Å². The Morgan fingerprint density at radius 1 is 1.33 bits per heavy atom. The molecule has 0 aromatic heterocycles. The van der Waals surface area contributed by atoms with Gasteiger partial charge in [-0.1, -0.05) is 24.1 Å². The molecule has 2 N–H and O–H groups in total. The van der Waals surface area contributed by atoms with E-state index in [0.717, 1.165) is 5.69 Å². The molecule has 15 heavy (non-hydrogen) atoms. The van der Waals surface area contributed by atoms with Crippen molar-refractivity contribution < 1.29 is 4.79 Å². The summed E-state index contributed by atoms with van der Waals surface area (Å²) in [7, 11) is 0. The van der Waals surface area contributed by atoms with Crippen LogP contribution in [0, 0.1) is 11.8 Å². The molecule has 1 aromatic rings. The Morgan fingerprint density at radius 3 is 2.73 bits per heavy atom. The van der Waals surface area contributed by atoms with Crippen LogP contribution in [-0.4, -0.2) is 19.0 Å². The maximum atomic E-state index is 11.2. The minimum absolute atomic E-state index is 0.0541. The lowest BCUT2D eigenvalue weighted by molar-refractivity contribution is -0.119. The number of carbonyl (C=O) groups excluding carboxylic acids is 1. The molecule has 3 nitrogen and oxygen atoms in total. The Bertz CT molecular complexity index is 362. The highest BCUT2D eigenvalue weighted by Crippen LogP contribution is 2.03. The topological polar surface area (TPSA) is 41.1 Å². The van der Waals surface area contributed by atoms with Gasteiger partial charge in [0.15, 0.2) is 0 Å². The molecule has 0 radical (unpaired) electrons. The molecular formula is C12H14N2O. The zero-order chi connectivity index (χ0) is 10.9. The maximum absolute atomic E-state index is 11.2. The van der Waals surface area contributed by atoms with E-state index in [1.165, 1.54) is 0 Å². The van der Waals surface area contributed by atoms with Gasteiger partial charge in [0, 0.05) is 5.69 Å². The number of nitrogens with one attached hydrogen (secondary N) is 2. The number of hydrogen-bond donors (Lipinski definition) is 2. The van der Waals surface area contributed by atoms with E-state index in [-0.39, 0.29) is 12.5 Å². The van der Waals surface area contributed by atoms with E-state index in [1.54, 1.807) is 6.92 Å². The molecule has 3 heteroatoms. The smallest absolute Gasteiger partial charge is 0.240 e. The summed E-state index contributed by atoms with van der Waals surface area (Å²) in [5.41, 5.74) is 0.939. The third kappa shape index (κ3) is 4.72. The van der Waals surface area contributed by atoms with Crippen molar-refractivity contribution in [1.29, 1.82) is 0 Å². The molecule has 0 aliphatic carbocycles. The summed E-state index contributed by atoms with van der Waals surface area (Å²) in [6, 6.07) is 9.60. The van der Waals surface area contributed by atoms with E-state index in [2.05, 4.69) is 22.5 Å². The lowest BCUT2D eigenvalue weighted by atomic mass is 10.3. The van der Waals surface area contributed by atoms with Gasteiger partial charge < -0.3 is 10.6 Å². The van der Waals surface area contributed by atoms with Crippen molar-refractivity contribution in [2.45, 2.75) is 6.92 Å². The Hall–Kier alpha value is -1.95. The van der Waals surface area contributed by atoms with Crippen LogP contribution < -0.4 is 10.6 Å². The van der Waals surface area contributed by atoms with E-state index in [0.29, 0.717) is 6.54 Å². The quantitative estimate of drug-likeness (QED) is 0.721. The van der Waals surface area contributed by atoms with Crippen molar-refractivity contribution in [3.63, 3.8) is 0 Å². The molecule has 0 spiro atoms. The largest absolute Gasteiger partial charge is 0.376 e. The SMILES string of the molecule is CC#CCNC(=O)CNc1ccccc1. The molecule has 78 valence electrons. The van der Waals surface area contributed by atoms with E-state index < -0.39 is 0 Å². The van der Waals surface area contributed by atoms with Crippen LogP contribution in [0.3, 0.4) is 0 Å². The molecule has 1 amide bonds. The summed E-state index contributed by atoms with van der Waals surface area (Å²) in [5.74, 6) is 5.43. The van der Waals surface area contributed by atoms with Crippen molar-refractivity contribution in [1.82, 2.24) is 5.32 Å². The van der Waals surface area contributed by atoms with Crippen LogP contribution >= 0.6 is 0 Å². The summed E-state index contributed by atoms with van der Waals surface area (Å²) in [4.78, 5) is 11.2. The van der Waals surface area contributed by atoms with Gasteiger partial charge in [-0.25, -0.2) is 0 Å². The molecule has 0 atom stereocenters. The lowest BCUT2D eigenvalue weighted by Gasteiger charge is -2.05. The minimum atomic E-state index is -0.0541. The van der Waals surface area contributed by atoms with Gasteiger partial charge in [0.05, 0.1) is 13.1 Å². The average molecular weight is 202 g/mol. The molecule has 1 aromatic carbocycles. The van der Waals surface area contributed by atoms with Gasteiger partial charge in [-0.05, 0) is 19.1 Å². The van der Waals surface area contributed by atoms with Crippen molar-refractivity contribution in [2.24, 2.45) is 0 Å². The van der Waals surface area contributed by atoms with Gasteiger partial charge in [0.1, 0.15) is 0 Å². The highest BCUT2D eigenvalue weighted by molar-refractivity contribution is 5.80. The summed E-state index contributed by atoms with van der Waals surface area (Å²) >= 11 is 0. The number of hydrogen-bond acceptors (Lipinski definition) is 2. The molecule has 1 rings (SSSR count). The van der Waals surface area contributed by atoms with Crippen molar-refractivity contribution in [3.8, 4) is 11.8 Å². The maximum Gasteiger partial charge on any atom is 0.240 e. The molecule has 0 saturated heterocycles. The standard InChI is InChI=1S/C12H14N2O/c1-2-3-9-13-12(15)10-14-11-7-5-4-6-8-11/h4-8,14H,9-10H2,1H3,(H,13,15). The first-order valence-electron chi connectivity index (χ1n) is 4.78. The zero-order valence-corrected chi connectivity index (χ0v) is 8.71. The second-order valence-corrected chi connectivity index (χ2v) is 2.92. The lowest BCUT2D eigenvalue weighted by Crippen LogP contribution is -2.30. The molecule has 0 bridgehead atoms. The molecule has 0 aliphatic heterocycles. The molecule has 0 aliphatic rings. The fraction of sp³-hybridized carbons (Fsp3) is 0.250. The number of para-hydroxylation sites is 1. The molecule has 0 saturated carbocycles. The minimum Gasteiger partial charge on any atom is -0.376 e. The predicted octanol–water partition coefficient (Wildman–Crippen LogP) is 1.24. The van der Waals surface area contributed by atoms with Crippen LogP contribution in [0.2, 0.25) is 0 Å². The van der Waals surface area contributed by atoms with Gasteiger partial charge in [0.25, 0.3) is 0 Å². The Kier molecular flexibility index (Phi) is 4.82. The first-order chi connectivity index (χ1) is 7.33. The summed E-state index contributed by atoms with van der Waals surface area (Å²) in [6.07, 6.45) is 0. The highest BCUT2D eigenvalue weighted by atomic mass is 16.1. The second kappa shape index (κ2) is 6.50. The van der Waals surface area contributed by atoms with Crippen LogP contribution in [0.1, 0.15) is 6.92 Å². The number of anilines is 1. The van der Waals surface area contributed by atoms with Gasteiger partial charge in [-0.2, -0.15) is 0 Å². The van der Waals surface area contributed by atoms with Crippen molar-refractivity contribution >= 4 is 11.6 Å². The molecule has 0 unspecified atom stereocenters. The third-order valence-corrected chi connectivity index (χ3v) is 1.78. The Labute approximate surface area is 89.9 Å². The number of rotatable bonds is 4.